The Morgan fingerprint density at radius 1 is 1.36 bits per heavy atom. The van der Waals surface area contributed by atoms with Gasteiger partial charge in [0.05, 0.1) is 0 Å². The van der Waals surface area contributed by atoms with Gasteiger partial charge in [0.15, 0.2) is 0 Å². The van der Waals surface area contributed by atoms with Crippen molar-refractivity contribution < 1.29 is 0 Å². The summed E-state index contributed by atoms with van der Waals surface area (Å²) < 4.78 is 0. The second kappa shape index (κ2) is 4.39. The lowest BCUT2D eigenvalue weighted by atomic mass is 9.94. The normalized spacial score (nSPS) is 31.6. The summed E-state index contributed by atoms with van der Waals surface area (Å²) >= 11 is 2.01. The Labute approximate surface area is 75.1 Å². The quantitative estimate of drug-likeness (QED) is 0.628. The number of hydrogen-bond acceptors (Lipinski definition) is 1. The molecule has 0 nitrogen and oxygen atoms in total. The molecule has 0 aromatic heterocycles. The first kappa shape index (κ1) is 9.44. The smallest absolute Gasteiger partial charge is 0.00418 e. The lowest BCUT2D eigenvalue weighted by molar-refractivity contribution is 0.385. The topological polar surface area (TPSA) is 0 Å². The van der Waals surface area contributed by atoms with E-state index in [0.717, 1.165) is 17.8 Å². The van der Waals surface area contributed by atoms with Crippen molar-refractivity contribution >= 4 is 11.8 Å². The van der Waals surface area contributed by atoms with Crippen molar-refractivity contribution in [1.82, 2.24) is 0 Å². The van der Waals surface area contributed by atoms with E-state index in [-0.39, 0.29) is 0 Å². The Balaban J connectivity index is 2.23. The molecule has 1 heteroatoms. The van der Waals surface area contributed by atoms with Crippen LogP contribution in [-0.4, -0.2) is 12.0 Å². The third kappa shape index (κ3) is 2.70. The highest BCUT2D eigenvalue weighted by molar-refractivity contribution is 7.98. The molecule has 66 valence electrons. The van der Waals surface area contributed by atoms with Gasteiger partial charge in [0, 0.05) is 0 Å². The molecule has 0 radical (unpaired) electrons. The van der Waals surface area contributed by atoms with E-state index < -0.39 is 0 Å². The van der Waals surface area contributed by atoms with E-state index >= 15 is 0 Å². The molecule has 1 aliphatic carbocycles. The lowest BCUT2D eigenvalue weighted by Gasteiger charge is -2.13. The predicted molar refractivity (Wildman–Crippen MR) is 54.1 cm³/mol. The van der Waals surface area contributed by atoms with Crippen molar-refractivity contribution in [2.45, 2.75) is 33.1 Å². The fourth-order valence-corrected chi connectivity index (χ4v) is 2.88. The first-order valence-electron chi connectivity index (χ1n) is 4.73. The summed E-state index contributed by atoms with van der Waals surface area (Å²) in [7, 11) is 0. The molecular formula is C10H20S. The summed E-state index contributed by atoms with van der Waals surface area (Å²) in [5, 5.41) is 0. The Morgan fingerprint density at radius 2 is 2.09 bits per heavy atom. The van der Waals surface area contributed by atoms with Crippen LogP contribution in [0.3, 0.4) is 0 Å². The zero-order valence-electron chi connectivity index (χ0n) is 7.97. The molecule has 0 saturated heterocycles. The minimum absolute atomic E-state index is 0.918. The van der Waals surface area contributed by atoms with Crippen LogP contribution in [0.4, 0.5) is 0 Å². The van der Waals surface area contributed by atoms with Crippen molar-refractivity contribution in [3.63, 3.8) is 0 Å². The Morgan fingerprint density at radius 3 is 2.55 bits per heavy atom. The molecule has 11 heavy (non-hydrogen) atoms. The van der Waals surface area contributed by atoms with Gasteiger partial charge in [0.25, 0.3) is 0 Å². The van der Waals surface area contributed by atoms with Crippen LogP contribution in [0.2, 0.25) is 0 Å². The van der Waals surface area contributed by atoms with Crippen molar-refractivity contribution in [3.8, 4) is 0 Å². The van der Waals surface area contributed by atoms with E-state index in [1.54, 1.807) is 0 Å². The molecule has 0 amide bonds. The predicted octanol–water partition coefficient (Wildman–Crippen LogP) is 3.42. The summed E-state index contributed by atoms with van der Waals surface area (Å²) in [4.78, 5) is 0. The van der Waals surface area contributed by atoms with Gasteiger partial charge >= 0.3 is 0 Å². The van der Waals surface area contributed by atoms with Gasteiger partial charge in [-0.15, -0.1) is 0 Å². The molecule has 0 bridgehead atoms. The molecule has 0 aliphatic heterocycles. The maximum Gasteiger partial charge on any atom is -0.00418 e. The molecule has 1 aliphatic rings. The highest BCUT2D eigenvalue weighted by Gasteiger charge is 2.25. The van der Waals surface area contributed by atoms with Crippen LogP contribution in [0, 0.1) is 17.8 Å². The number of thioether (sulfide) groups is 1. The molecule has 0 aromatic carbocycles. The third-order valence-corrected chi connectivity index (χ3v) is 3.73. The van der Waals surface area contributed by atoms with Crippen LogP contribution >= 0.6 is 11.8 Å². The van der Waals surface area contributed by atoms with Gasteiger partial charge in [-0.25, -0.2) is 0 Å². The average molecular weight is 172 g/mol. The summed E-state index contributed by atoms with van der Waals surface area (Å²) in [5.74, 6) is 4.38. The second-order valence-electron chi connectivity index (χ2n) is 4.14. The van der Waals surface area contributed by atoms with Crippen LogP contribution in [0.15, 0.2) is 0 Å². The van der Waals surface area contributed by atoms with Gasteiger partial charge in [-0.1, -0.05) is 13.8 Å². The molecule has 1 rings (SSSR count). The first-order valence-corrected chi connectivity index (χ1v) is 6.12. The molecule has 0 aromatic rings. The fraction of sp³-hybridized carbons (Fsp3) is 1.00. The third-order valence-electron chi connectivity index (χ3n) is 2.93. The Bertz CT molecular complexity index is 109. The van der Waals surface area contributed by atoms with Gasteiger partial charge in [0.2, 0.25) is 0 Å². The molecule has 0 N–H and O–H groups in total. The highest BCUT2D eigenvalue weighted by atomic mass is 32.2. The Hall–Kier alpha value is 0.350. The largest absolute Gasteiger partial charge is 0.165 e. The van der Waals surface area contributed by atoms with Crippen molar-refractivity contribution in [2.75, 3.05) is 12.0 Å². The summed E-state index contributed by atoms with van der Waals surface area (Å²) in [5.41, 5.74) is 0. The molecule has 1 saturated carbocycles. The second-order valence-corrected chi connectivity index (χ2v) is 5.05. The minimum Gasteiger partial charge on any atom is -0.165 e. The van der Waals surface area contributed by atoms with Crippen LogP contribution < -0.4 is 0 Å². The van der Waals surface area contributed by atoms with E-state index in [1.807, 2.05) is 11.8 Å². The lowest BCUT2D eigenvalue weighted by Crippen LogP contribution is -2.05. The van der Waals surface area contributed by atoms with Crippen molar-refractivity contribution in [3.05, 3.63) is 0 Å². The molecule has 1 fully saturated rings. The highest BCUT2D eigenvalue weighted by Crippen LogP contribution is 2.36. The zero-order chi connectivity index (χ0) is 8.27. The molecule has 0 spiro atoms. The summed E-state index contributed by atoms with van der Waals surface area (Å²) in [6.07, 6.45) is 6.70. The van der Waals surface area contributed by atoms with E-state index in [1.165, 1.54) is 25.0 Å². The standard InChI is InChI=1S/C10H20S/c1-8(2)10-5-4-9(6-10)7-11-3/h8-10H,4-7H2,1-3H3. The average Bonchev–Trinajstić information content (AvgIpc) is 2.37. The van der Waals surface area contributed by atoms with Crippen LogP contribution in [-0.2, 0) is 0 Å². The Kier molecular flexibility index (Phi) is 3.77. The van der Waals surface area contributed by atoms with E-state index in [2.05, 4.69) is 20.1 Å². The van der Waals surface area contributed by atoms with E-state index in [4.69, 9.17) is 0 Å². The zero-order valence-corrected chi connectivity index (χ0v) is 8.79. The summed E-state index contributed by atoms with van der Waals surface area (Å²) in [6, 6.07) is 0. The molecule has 2 atom stereocenters. The minimum atomic E-state index is 0.918. The number of rotatable bonds is 3. The molecule has 0 heterocycles. The van der Waals surface area contributed by atoms with E-state index in [0.29, 0.717) is 0 Å². The van der Waals surface area contributed by atoms with Crippen molar-refractivity contribution in [2.24, 2.45) is 17.8 Å². The van der Waals surface area contributed by atoms with Crippen LogP contribution in [0.1, 0.15) is 33.1 Å². The maximum absolute atomic E-state index is 2.37. The monoisotopic (exact) mass is 172 g/mol. The molecular weight excluding hydrogens is 152 g/mol. The maximum atomic E-state index is 2.37. The van der Waals surface area contributed by atoms with Gasteiger partial charge in [0.1, 0.15) is 0 Å². The van der Waals surface area contributed by atoms with E-state index in [9.17, 15) is 0 Å². The van der Waals surface area contributed by atoms with Gasteiger partial charge in [-0.05, 0) is 49.0 Å². The summed E-state index contributed by atoms with van der Waals surface area (Å²) in [6.45, 7) is 4.73. The fourth-order valence-electron chi connectivity index (χ4n) is 2.11. The SMILES string of the molecule is CSCC1CCC(C(C)C)C1. The first-order chi connectivity index (χ1) is 5.24. The van der Waals surface area contributed by atoms with Crippen LogP contribution in [0.25, 0.3) is 0 Å². The van der Waals surface area contributed by atoms with Gasteiger partial charge < -0.3 is 0 Å². The van der Waals surface area contributed by atoms with Gasteiger partial charge in [-0.3, -0.25) is 0 Å². The van der Waals surface area contributed by atoms with Gasteiger partial charge in [-0.2, -0.15) is 11.8 Å². The van der Waals surface area contributed by atoms with Crippen LogP contribution in [0.5, 0.6) is 0 Å². The molecule has 2 unspecified atom stereocenters. The van der Waals surface area contributed by atoms with Crippen molar-refractivity contribution in [1.29, 1.82) is 0 Å². The number of hydrogen-bond donors (Lipinski definition) is 0.